The Bertz CT molecular complexity index is 239. The van der Waals surface area contributed by atoms with Crippen molar-refractivity contribution in [1.29, 1.82) is 0 Å². The van der Waals surface area contributed by atoms with E-state index in [-0.39, 0.29) is 0 Å². The van der Waals surface area contributed by atoms with Crippen LogP contribution < -0.4 is 0 Å². The summed E-state index contributed by atoms with van der Waals surface area (Å²) in [5.41, 5.74) is 0. The molecule has 13 heavy (non-hydrogen) atoms. The topological polar surface area (TPSA) is 35.5 Å². The van der Waals surface area contributed by atoms with E-state index in [4.69, 9.17) is 9.47 Å². The van der Waals surface area contributed by atoms with E-state index in [1.54, 1.807) is 6.92 Å². The summed E-state index contributed by atoms with van der Waals surface area (Å²) in [7, 11) is 0. The molecule has 0 unspecified atom stereocenters. The van der Waals surface area contributed by atoms with Crippen LogP contribution in [0, 0.1) is 11.8 Å². The van der Waals surface area contributed by atoms with Gasteiger partial charge in [-0.2, -0.15) is 0 Å². The molecule has 0 saturated carbocycles. The second kappa shape index (κ2) is 4.18. The molecule has 3 heteroatoms. The highest BCUT2D eigenvalue weighted by atomic mass is 16.9. The maximum atomic E-state index is 10.5. The molecule has 72 valence electrons. The number of carbonyl (C=O) groups is 1. The third-order valence-corrected chi connectivity index (χ3v) is 1.92. The van der Waals surface area contributed by atoms with Gasteiger partial charge in [-0.3, -0.25) is 0 Å². The summed E-state index contributed by atoms with van der Waals surface area (Å²) in [4.78, 5) is 10.5. The fraction of sp³-hybridized carbons (Fsp3) is 0.700. The van der Waals surface area contributed by atoms with E-state index in [0.29, 0.717) is 6.42 Å². The van der Waals surface area contributed by atoms with Crippen molar-refractivity contribution in [1.82, 2.24) is 0 Å². The minimum atomic E-state index is -0.916. The van der Waals surface area contributed by atoms with Crippen molar-refractivity contribution in [2.24, 2.45) is 0 Å². The van der Waals surface area contributed by atoms with Gasteiger partial charge in [-0.25, -0.2) is 4.79 Å². The zero-order valence-corrected chi connectivity index (χ0v) is 8.05. The van der Waals surface area contributed by atoms with Crippen LogP contribution in [-0.2, 0) is 9.47 Å². The minimum absolute atomic E-state index is 0.612. The average Bonchev–Trinajstić information content (AvgIpc) is 2.03. The Morgan fingerprint density at radius 2 is 2.08 bits per heavy atom. The molecule has 1 aliphatic heterocycles. The largest absolute Gasteiger partial charge is 0.516 e. The van der Waals surface area contributed by atoms with Crippen LogP contribution in [0.4, 0.5) is 4.79 Å². The van der Waals surface area contributed by atoms with Gasteiger partial charge in [0.15, 0.2) is 0 Å². The second-order valence-electron chi connectivity index (χ2n) is 3.04. The lowest BCUT2D eigenvalue weighted by molar-refractivity contribution is -0.237. The van der Waals surface area contributed by atoms with Crippen LogP contribution in [-0.4, -0.2) is 11.9 Å². The molecule has 0 aliphatic carbocycles. The van der Waals surface area contributed by atoms with Gasteiger partial charge in [-0.15, -0.1) is 0 Å². The molecule has 0 atom stereocenters. The number of rotatable bonds is 4. The lowest BCUT2D eigenvalue weighted by atomic mass is 10.1. The Morgan fingerprint density at radius 3 is 2.54 bits per heavy atom. The van der Waals surface area contributed by atoms with Crippen LogP contribution in [0.2, 0.25) is 0 Å². The number of unbranched alkanes of at least 4 members (excludes halogenated alkanes) is 2. The van der Waals surface area contributed by atoms with Crippen molar-refractivity contribution in [3.8, 4) is 11.8 Å². The Labute approximate surface area is 78.4 Å². The Kier molecular flexibility index (Phi) is 3.18. The van der Waals surface area contributed by atoms with Crippen LogP contribution in [0.5, 0.6) is 0 Å². The summed E-state index contributed by atoms with van der Waals surface area (Å²) >= 11 is 0. The molecule has 0 N–H and O–H groups in total. The highest BCUT2D eigenvalue weighted by Gasteiger charge is 2.46. The zero-order chi connectivity index (χ0) is 9.73. The fourth-order valence-corrected chi connectivity index (χ4v) is 1.29. The van der Waals surface area contributed by atoms with Gasteiger partial charge < -0.3 is 9.47 Å². The highest BCUT2D eigenvalue weighted by molar-refractivity contribution is 5.67. The maximum absolute atomic E-state index is 10.5. The van der Waals surface area contributed by atoms with Gasteiger partial charge in [0.2, 0.25) is 0 Å². The number of hydrogen-bond acceptors (Lipinski definition) is 3. The van der Waals surface area contributed by atoms with Crippen molar-refractivity contribution in [2.75, 3.05) is 0 Å². The van der Waals surface area contributed by atoms with E-state index in [1.807, 2.05) is 0 Å². The first-order valence-electron chi connectivity index (χ1n) is 4.58. The SMILES string of the molecule is CC#CC1(CCCCC)OC(=O)O1. The molecule has 0 aromatic carbocycles. The van der Waals surface area contributed by atoms with Crippen LogP contribution in [0.25, 0.3) is 0 Å². The Balaban J connectivity index is 2.39. The van der Waals surface area contributed by atoms with Gasteiger partial charge in [-0.1, -0.05) is 25.7 Å². The summed E-state index contributed by atoms with van der Waals surface area (Å²) in [5.74, 6) is 4.56. The van der Waals surface area contributed by atoms with E-state index in [1.165, 1.54) is 0 Å². The summed E-state index contributed by atoms with van der Waals surface area (Å²) < 4.78 is 9.76. The van der Waals surface area contributed by atoms with Crippen LogP contribution in [0.1, 0.15) is 39.5 Å². The van der Waals surface area contributed by atoms with Crippen molar-refractivity contribution in [3.05, 3.63) is 0 Å². The third kappa shape index (κ3) is 2.38. The molecule has 0 aromatic rings. The van der Waals surface area contributed by atoms with Crippen molar-refractivity contribution >= 4 is 6.16 Å². The molecular formula is C10H14O3. The first kappa shape index (κ1) is 9.91. The smallest absolute Gasteiger partial charge is 0.379 e. The number of cyclic esters (lactones) is 2. The van der Waals surface area contributed by atoms with Gasteiger partial charge in [0.1, 0.15) is 0 Å². The molecule has 1 heterocycles. The first-order chi connectivity index (χ1) is 6.22. The van der Waals surface area contributed by atoms with E-state index in [9.17, 15) is 4.79 Å². The van der Waals surface area contributed by atoms with Gasteiger partial charge in [-0.05, 0) is 19.3 Å². The van der Waals surface area contributed by atoms with Gasteiger partial charge in [0, 0.05) is 6.42 Å². The van der Waals surface area contributed by atoms with Crippen LogP contribution in [0.3, 0.4) is 0 Å². The van der Waals surface area contributed by atoms with Gasteiger partial charge in [0.05, 0.1) is 0 Å². The van der Waals surface area contributed by atoms with E-state index in [0.717, 1.165) is 19.3 Å². The normalized spacial score (nSPS) is 17.5. The van der Waals surface area contributed by atoms with Gasteiger partial charge in [0.25, 0.3) is 0 Å². The lowest BCUT2D eigenvalue weighted by Gasteiger charge is -2.35. The van der Waals surface area contributed by atoms with Gasteiger partial charge >= 0.3 is 11.9 Å². The first-order valence-corrected chi connectivity index (χ1v) is 4.58. The number of ether oxygens (including phenoxy) is 2. The summed E-state index contributed by atoms with van der Waals surface area (Å²) in [5, 5.41) is 0. The molecule has 0 amide bonds. The molecule has 0 aromatic heterocycles. The monoisotopic (exact) mass is 182 g/mol. The van der Waals surface area contributed by atoms with Crippen molar-refractivity contribution in [3.63, 3.8) is 0 Å². The number of hydrogen-bond donors (Lipinski definition) is 0. The fourth-order valence-electron chi connectivity index (χ4n) is 1.29. The predicted octanol–water partition coefficient (Wildman–Crippen LogP) is 2.45. The predicted molar refractivity (Wildman–Crippen MR) is 47.9 cm³/mol. The molecule has 1 fully saturated rings. The minimum Gasteiger partial charge on any atom is -0.379 e. The molecule has 1 aliphatic rings. The highest BCUT2D eigenvalue weighted by Crippen LogP contribution is 2.30. The maximum Gasteiger partial charge on any atom is 0.516 e. The third-order valence-electron chi connectivity index (χ3n) is 1.92. The van der Waals surface area contributed by atoms with Crippen molar-refractivity contribution < 1.29 is 14.3 Å². The van der Waals surface area contributed by atoms with E-state index >= 15 is 0 Å². The van der Waals surface area contributed by atoms with E-state index < -0.39 is 11.9 Å². The summed E-state index contributed by atoms with van der Waals surface area (Å²) in [6.07, 6.45) is 3.27. The molecule has 3 nitrogen and oxygen atoms in total. The molecule has 1 saturated heterocycles. The van der Waals surface area contributed by atoms with Crippen LogP contribution in [0.15, 0.2) is 0 Å². The number of carbonyl (C=O) groups excluding carboxylic acids is 1. The quantitative estimate of drug-likeness (QED) is 0.380. The van der Waals surface area contributed by atoms with Crippen molar-refractivity contribution in [2.45, 2.75) is 45.3 Å². The second-order valence-corrected chi connectivity index (χ2v) is 3.04. The summed E-state index contributed by atoms with van der Waals surface area (Å²) in [6, 6.07) is 0. The molecule has 0 spiro atoms. The summed E-state index contributed by atoms with van der Waals surface area (Å²) in [6.45, 7) is 3.82. The molecule has 1 rings (SSSR count). The Morgan fingerprint density at radius 1 is 1.38 bits per heavy atom. The molecule has 0 bridgehead atoms. The van der Waals surface area contributed by atoms with E-state index in [2.05, 4.69) is 18.8 Å². The standard InChI is InChI=1S/C10H14O3/c1-3-5-6-8-10(7-4-2)12-9(11)13-10/h3,5-6,8H2,1-2H3. The zero-order valence-electron chi connectivity index (χ0n) is 8.05. The molecular weight excluding hydrogens is 168 g/mol. The molecule has 0 radical (unpaired) electrons. The van der Waals surface area contributed by atoms with Crippen LogP contribution >= 0.6 is 0 Å². The lowest BCUT2D eigenvalue weighted by Crippen LogP contribution is -2.48. The average molecular weight is 182 g/mol. The Hall–Kier alpha value is -1.17.